The summed E-state index contributed by atoms with van der Waals surface area (Å²) < 4.78 is 46.3. The van der Waals surface area contributed by atoms with Gasteiger partial charge in [0.05, 0.1) is 30.3 Å². The molecule has 0 saturated heterocycles. The van der Waals surface area contributed by atoms with Gasteiger partial charge in [-0.05, 0) is 42.8 Å². The van der Waals surface area contributed by atoms with E-state index >= 15 is 0 Å². The molecule has 0 aliphatic carbocycles. The Morgan fingerprint density at radius 3 is 2.31 bits per heavy atom. The molecule has 35 heavy (non-hydrogen) atoms. The first-order valence-electron chi connectivity index (χ1n) is 10.5. The van der Waals surface area contributed by atoms with Crippen LogP contribution in [0.1, 0.15) is 27.0 Å². The molecular weight excluding hydrogens is 473 g/mol. The fourth-order valence-corrected chi connectivity index (χ4v) is 4.47. The number of hydrogen-bond acceptors (Lipinski definition) is 6. The van der Waals surface area contributed by atoms with Gasteiger partial charge in [-0.25, -0.2) is 23.0 Å². The van der Waals surface area contributed by atoms with Crippen LogP contribution in [0.4, 0.5) is 4.39 Å². The average molecular weight is 498 g/mol. The molecule has 0 aliphatic rings. The molecule has 10 heteroatoms. The molecule has 3 aromatic rings. The van der Waals surface area contributed by atoms with Crippen LogP contribution in [0.3, 0.4) is 0 Å². The summed E-state index contributed by atoms with van der Waals surface area (Å²) in [6.45, 7) is 0.903. The number of carbonyl (C=O) groups excluding carboxylic acids is 2. The smallest absolute Gasteiger partial charge is 0.337 e. The molecule has 0 atom stereocenters. The highest BCUT2D eigenvalue weighted by Gasteiger charge is 2.27. The Bertz CT molecular complexity index is 1320. The van der Waals surface area contributed by atoms with Crippen LogP contribution >= 0.6 is 0 Å². The molecule has 0 bridgehead atoms. The van der Waals surface area contributed by atoms with Crippen LogP contribution in [0.25, 0.3) is 0 Å². The number of esters is 1. The Labute approximate surface area is 203 Å². The van der Waals surface area contributed by atoms with Crippen molar-refractivity contribution in [3.05, 3.63) is 101 Å². The number of nitrogens with zero attached hydrogens (tertiary/aromatic N) is 2. The van der Waals surface area contributed by atoms with E-state index in [1.54, 1.807) is 42.5 Å². The maximum absolute atomic E-state index is 14.2. The van der Waals surface area contributed by atoms with Gasteiger partial charge in [0.15, 0.2) is 0 Å². The first-order chi connectivity index (χ1) is 16.7. The van der Waals surface area contributed by atoms with Crippen LogP contribution in [-0.2, 0) is 26.1 Å². The number of hydrogen-bond donors (Lipinski definition) is 1. The number of hydrazone groups is 1. The maximum Gasteiger partial charge on any atom is 0.337 e. The zero-order valence-corrected chi connectivity index (χ0v) is 20.0. The lowest BCUT2D eigenvalue weighted by atomic mass is 10.1. The Kier molecular flexibility index (Phi) is 8.45. The minimum atomic E-state index is -4.11. The van der Waals surface area contributed by atoms with Gasteiger partial charge in [-0.2, -0.15) is 9.41 Å². The van der Waals surface area contributed by atoms with Crippen molar-refractivity contribution < 1.29 is 27.1 Å². The van der Waals surface area contributed by atoms with E-state index in [0.717, 1.165) is 9.87 Å². The van der Waals surface area contributed by atoms with E-state index < -0.39 is 34.3 Å². The summed E-state index contributed by atoms with van der Waals surface area (Å²) in [5.74, 6) is -1.77. The summed E-state index contributed by atoms with van der Waals surface area (Å²) in [6, 6.07) is 18.2. The number of halogens is 1. The van der Waals surface area contributed by atoms with Crippen molar-refractivity contribution in [3.63, 3.8) is 0 Å². The number of nitrogens with one attached hydrogen (secondary N) is 1. The molecule has 0 radical (unpaired) electrons. The van der Waals surface area contributed by atoms with Crippen LogP contribution in [-0.4, -0.2) is 44.5 Å². The number of methoxy groups -OCH3 is 1. The molecule has 1 amide bonds. The number of benzene rings is 3. The third-order valence-electron chi connectivity index (χ3n) is 5.02. The zero-order chi connectivity index (χ0) is 25.4. The second kappa shape index (κ2) is 11.5. The standard InChI is InChI=1S/C25H24FN3O5S/c1-18-7-13-22(14-8-18)35(32,33)29(16-21-5-3-4-6-23(21)26)17-24(30)28-27-15-19-9-11-20(12-10-19)25(31)34-2/h3-15H,16-17H2,1-2H3,(H,28,30). The van der Waals surface area contributed by atoms with Crippen LogP contribution in [0.15, 0.2) is 82.8 Å². The fraction of sp³-hybridized carbons (Fsp3) is 0.160. The molecule has 0 aromatic heterocycles. The minimum absolute atomic E-state index is 0.0126. The molecule has 3 rings (SSSR count). The normalized spacial score (nSPS) is 11.5. The van der Waals surface area contributed by atoms with Gasteiger partial charge in [0.1, 0.15) is 5.82 Å². The summed E-state index contributed by atoms with van der Waals surface area (Å²) in [5, 5.41) is 3.84. The lowest BCUT2D eigenvalue weighted by molar-refractivity contribution is -0.121. The molecular formula is C25H24FN3O5S. The Morgan fingerprint density at radius 1 is 1.03 bits per heavy atom. The minimum Gasteiger partial charge on any atom is -0.465 e. The molecule has 1 N–H and O–H groups in total. The highest BCUT2D eigenvalue weighted by atomic mass is 32.2. The third kappa shape index (κ3) is 6.81. The van der Waals surface area contributed by atoms with Crippen molar-refractivity contribution in [3.8, 4) is 0 Å². The van der Waals surface area contributed by atoms with Crippen molar-refractivity contribution in [2.24, 2.45) is 5.10 Å². The van der Waals surface area contributed by atoms with Gasteiger partial charge >= 0.3 is 5.97 Å². The first kappa shape index (κ1) is 25.7. The van der Waals surface area contributed by atoms with E-state index in [0.29, 0.717) is 11.1 Å². The number of ether oxygens (including phenoxy) is 1. The molecule has 0 fully saturated rings. The molecule has 182 valence electrons. The highest BCUT2D eigenvalue weighted by Crippen LogP contribution is 2.20. The van der Waals surface area contributed by atoms with E-state index in [9.17, 15) is 22.4 Å². The molecule has 0 saturated carbocycles. The summed E-state index contributed by atoms with van der Waals surface area (Å²) >= 11 is 0. The Balaban J connectivity index is 1.76. The van der Waals surface area contributed by atoms with E-state index in [1.165, 1.54) is 43.7 Å². The van der Waals surface area contributed by atoms with E-state index in [4.69, 9.17) is 0 Å². The third-order valence-corrected chi connectivity index (χ3v) is 6.82. The molecule has 0 spiro atoms. The summed E-state index contributed by atoms with van der Waals surface area (Å²) in [7, 11) is -2.83. The summed E-state index contributed by atoms with van der Waals surface area (Å²) in [5.41, 5.74) is 4.23. The van der Waals surface area contributed by atoms with Crippen LogP contribution < -0.4 is 5.43 Å². The van der Waals surface area contributed by atoms with Gasteiger partial charge in [0, 0.05) is 12.1 Å². The van der Waals surface area contributed by atoms with Gasteiger partial charge in [0.25, 0.3) is 5.91 Å². The highest BCUT2D eigenvalue weighted by molar-refractivity contribution is 7.89. The van der Waals surface area contributed by atoms with Gasteiger partial charge in [-0.15, -0.1) is 0 Å². The predicted octanol–water partition coefficient (Wildman–Crippen LogP) is 3.26. The number of rotatable bonds is 9. The monoisotopic (exact) mass is 497 g/mol. The van der Waals surface area contributed by atoms with Crippen molar-refractivity contribution in [1.29, 1.82) is 0 Å². The van der Waals surface area contributed by atoms with E-state index in [1.807, 2.05) is 6.92 Å². The topological polar surface area (TPSA) is 105 Å². The van der Waals surface area contributed by atoms with Gasteiger partial charge in [0.2, 0.25) is 10.0 Å². The fourth-order valence-electron chi connectivity index (χ4n) is 3.10. The molecule has 0 heterocycles. The maximum atomic E-state index is 14.2. The summed E-state index contributed by atoms with van der Waals surface area (Å²) in [6.07, 6.45) is 1.34. The van der Waals surface area contributed by atoms with Gasteiger partial charge in [-0.3, -0.25) is 4.79 Å². The van der Waals surface area contributed by atoms with Crippen LogP contribution in [0.2, 0.25) is 0 Å². The Morgan fingerprint density at radius 2 is 1.69 bits per heavy atom. The number of sulfonamides is 1. The molecule has 0 unspecified atom stereocenters. The average Bonchev–Trinajstić information content (AvgIpc) is 2.85. The van der Waals surface area contributed by atoms with Crippen molar-refractivity contribution in [2.75, 3.05) is 13.7 Å². The van der Waals surface area contributed by atoms with Gasteiger partial charge in [-0.1, -0.05) is 48.0 Å². The van der Waals surface area contributed by atoms with Crippen molar-refractivity contribution in [1.82, 2.24) is 9.73 Å². The summed E-state index contributed by atoms with van der Waals surface area (Å²) in [4.78, 5) is 24.0. The van der Waals surface area contributed by atoms with Crippen molar-refractivity contribution in [2.45, 2.75) is 18.4 Å². The number of carbonyl (C=O) groups is 2. The number of aryl methyl sites for hydroxylation is 1. The van der Waals surface area contributed by atoms with E-state index in [-0.39, 0.29) is 17.0 Å². The molecule has 0 aliphatic heterocycles. The van der Waals surface area contributed by atoms with Crippen LogP contribution in [0.5, 0.6) is 0 Å². The number of amides is 1. The van der Waals surface area contributed by atoms with Gasteiger partial charge < -0.3 is 4.74 Å². The Hall–Kier alpha value is -3.89. The second-order valence-electron chi connectivity index (χ2n) is 7.58. The van der Waals surface area contributed by atoms with Crippen molar-refractivity contribution >= 4 is 28.1 Å². The first-order valence-corrected chi connectivity index (χ1v) is 11.9. The predicted molar refractivity (Wildman–Crippen MR) is 129 cm³/mol. The zero-order valence-electron chi connectivity index (χ0n) is 19.1. The second-order valence-corrected chi connectivity index (χ2v) is 9.52. The SMILES string of the molecule is COC(=O)c1ccc(C=NNC(=O)CN(Cc2ccccc2F)S(=O)(=O)c2ccc(C)cc2)cc1. The molecule has 8 nitrogen and oxygen atoms in total. The lowest BCUT2D eigenvalue weighted by Gasteiger charge is -2.22. The quantitative estimate of drug-likeness (QED) is 0.278. The lowest BCUT2D eigenvalue weighted by Crippen LogP contribution is -2.39. The van der Waals surface area contributed by atoms with E-state index in [2.05, 4.69) is 15.3 Å². The van der Waals surface area contributed by atoms with Crippen LogP contribution in [0, 0.1) is 12.7 Å². The largest absolute Gasteiger partial charge is 0.465 e. The molecule has 3 aromatic carbocycles.